The van der Waals surface area contributed by atoms with E-state index in [0.717, 1.165) is 25.0 Å². The number of rotatable bonds is 2. The number of halogens is 2. The molecule has 0 bridgehead atoms. The van der Waals surface area contributed by atoms with Gasteiger partial charge in [-0.2, -0.15) is 0 Å². The molecule has 19 heavy (non-hydrogen) atoms. The number of hydrogen-bond acceptors (Lipinski definition) is 2. The summed E-state index contributed by atoms with van der Waals surface area (Å²) in [6, 6.07) is 2.08. The van der Waals surface area contributed by atoms with E-state index >= 15 is 0 Å². The zero-order chi connectivity index (χ0) is 13.4. The molecule has 106 valence electrons. The van der Waals surface area contributed by atoms with E-state index in [-0.39, 0.29) is 6.10 Å². The molecule has 2 aliphatic carbocycles. The highest BCUT2D eigenvalue weighted by Gasteiger charge is 2.35. The average Bonchev–Trinajstić information content (AvgIpc) is 2.77. The number of thiophene rings is 1. The molecule has 2 fully saturated rings. The Hall–Kier alpha value is 0.620. The molecule has 0 spiro atoms. The fourth-order valence-electron chi connectivity index (χ4n) is 3.94. The highest BCUT2D eigenvalue weighted by atomic mass is 79.9. The molecule has 0 amide bonds. The minimum atomic E-state index is -0.268. The molecule has 4 heteroatoms. The zero-order valence-corrected chi connectivity index (χ0v) is 14.9. The van der Waals surface area contributed by atoms with Gasteiger partial charge >= 0.3 is 0 Å². The molecule has 1 N–H and O–H groups in total. The lowest BCUT2D eigenvalue weighted by molar-refractivity contribution is 0.0368. The van der Waals surface area contributed by atoms with Gasteiger partial charge in [-0.1, -0.05) is 25.7 Å². The summed E-state index contributed by atoms with van der Waals surface area (Å²) in [5.41, 5.74) is 0. The summed E-state index contributed by atoms with van der Waals surface area (Å²) in [5, 5.41) is 10.6. The van der Waals surface area contributed by atoms with Gasteiger partial charge in [-0.3, -0.25) is 0 Å². The van der Waals surface area contributed by atoms with Gasteiger partial charge in [0.1, 0.15) is 0 Å². The van der Waals surface area contributed by atoms with Crippen LogP contribution in [0.2, 0.25) is 0 Å². The smallest absolute Gasteiger partial charge is 0.0910 e. The summed E-state index contributed by atoms with van der Waals surface area (Å²) in [6.45, 7) is 0. The van der Waals surface area contributed by atoms with Gasteiger partial charge in [0.15, 0.2) is 0 Å². The maximum atomic E-state index is 10.6. The number of fused-ring (bicyclic) bond motifs is 1. The Balaban J connectivity index is 1.68. The average molecular weight is 408 g/mol. The van der Waals surface area contributed by atoms with E-state index in [2.05, 4.69) is 37.9 Å². The summed E-state index contributed by atoms with van der Waals surface area (Å²) in [4.78, 5) is 1.11. The molecule has 1 aromatic rings. The van der Waals surface area contributed by atoms with Gasteiger partial charge in [-0.25, -0.2) is 0 Å². The van der Waals surface area contributed by atoms with Crippen LogP contribution in [0.5, 0.6) is 0 Å². The molecule has 4 atom stereocenters. The van der Waals surface area contributed by atoms with Gasteiger partial charge < -0.3 is 5.11 Å². The van der Waals surface area contributed by atoms with Crippen LogP contribution in [0.1, 0.15) is 55.9 Å². The highest BCUT2D eigenvalue weighted by molar-refractivity contribution is 9.13. The van der Waals surface area contributed by atoms with Crippen molar-refractivity contribution in [3.63, 3.8) is 0 Å². The molecule has 4 unspecified atom stereocenters. The van der Waals surface area contributed by atoms with E-state index in [4.69, 9.17) is 0 Å². The molecule has 1 aromatic heterocycles. The summed E-state index contributed by atoms with van der Waals surface area (Å²) >= 11 is 8.71. The number of hydrogen-bond donors (Lipinski definition) is 1. The minimum absolute atomic E-state index is 0.268. The maximum Gasteiger partial charge on any atom is 0.0910 e. The molecule has 2 saturated carbocycles. The molecule has 1 nitrogen and oxygen atoms in total. The van der Waals surface area contributed by atoms with Gasteiger partial charge in [-0.15, -0.1) is 11.3 Å². The Labute approximate surface area is 136 Å². The van der Waals surface area contributed by atoms with Gasteiger partial charge in [-0.05, 0) is 74.9 Å². The van der Waals surface area contributed by atoms with E-state index in [0.29, 0.717) is 5.92 Å². The Bertz CT molecular complexity index is 426. The van der Waals surface area contributed by atoms with Crippen LogP contribution in [0.25, 0.3) is 0 Å². The van der Waals surface area contributed by atoms with Crippen LogP contribution in [0, 0.1) is 17.8 Å². The lowest BCUT2D eigenvalue weighted by Crippen LogP contribution is -2.30. The van der Waals surface area contributed by atoms with Crippen molar-refractivity contribution in [3.8, 4) is 0 Å². The normalized spacial score (nSPS) is 32.9. The molecule has 0 radical (unpaired) electrons. The lowest BCUT2D eigenvalue weighted by atomic mass is 9.66. The predicted octanol–water partition coefficient (Wildman–Crippen LogP) is 5.91. The van der Waals surface area contributed by atoms with Crippen molar-refractivity contribution in [3.05, 3.63) is 19.2 Å². The van der Waals surface area contributed by atoms with Crippen molar-refractivity contribution in [1.82, 2.24) is 0 Å². The second-order valence-electron chi connectivity index (χ2n) is 6.09. The van der Waals surface area contributed by atoms with Gasteiger partial charge in [0.05, 0.1) is 9.89 Å². The molecule has 1 heterocycles. The first kappa shape index (κ1) is 14.6. The van der Waals surface area contributed by atoms with E-state index in [1.54, 1.807) is 11.3 Å². The van der Waals surface area contributed by atoms with Gasteiger partial charge in [0.25, 0.3) is 0 Å². The Morgan fingerprint density at radius 3 is 2.53 bits per heavy atom. The largest absolute Gasteiger partial charge is 0.387 e. The standard InChI is InChI=1S/C15H20Br2OS/c16-12-8-13(19-15(12)17)14(18)11-6-5-9-3-1-2-4-10(9)7-11/h8-11,14,18H,1-7H2. The first-order valence-electron chi connectivity index (χ1n) is 7.28. The SMILES string of the molecule is OC(c1cc(Br)c(Br)s1)C1CCC2CCCCC2C1. The van der Waals surface area contributed by atoms with Crippen LogP contribution in [0.3, 0.4) is 0 Å². The third-order valence-electron chi connectivity index (χ3n) is 4.98. The molecule has 0 saturated heterocycles. The molecule has 3 rings (SSSR count). The summed E-state index contributed by atoms with van der Waals surface area (Å²) in [5.74, 6) is 2.31. The second-order valence-corrected chi connectivity index (χ2v) is 9.35. The maximum absolute atomic E-state index is 10.6. The van der Waals surface area contributed by atoms with E-state index in [1.807, 2.05) is 0 Å². The zero-order valence-electron chi connectivity index (χ0n) is 10.9. The number of aliphatic hydroxyl groups excluding tert-OH is 1. The molecule has 2 aliphatic rings. The van der Waals surface area contributed by atoms with Crippen LogP contribution in [0.15, 0.2) is 14.3 Å². The molecular weight excluding hydrogens is 388 g/mol. The summed E-state index contributed by atoms with van der Waals surface area (Å²) < 4.78 is 2.16. The fourth-order valence-corrected chi connectivity index (χ4v) is 6.11. The van der Waals surface area contributed by atoms with Gasteiger partial charge in [0.2, 0.25) is 0 Å². The van der Waals surface area contributed by atoms with E-state index in [9.17, 15) is 5.11 Å². The van der Waals surface area contributed by atoms with Crippen LogP contribution >= 0.6 is 43.2 Å². The van der Waals surface area contributed by atoms with Crippen molar-refractivity contribution in [2.45, 2.75) is 51.0 Å². The fraction of sp³-hybridized carbons (Fsp3) is 0.733. The van der Waals surface area contributed by atoms with Crippen molar-refractivity contribution >= 4 is 43.2 Å². The first-order valence-corrected chi connectivity index (χ1v) is 9.68. The van der Waals surface area contributed by atoms with Gasteiger partial charge in [0, 0.05) is 9.35 Å². The second kappa shape index (κ2) is 6.17. The molecular formula is C15H20Br2OS. The van der Waals surface area contributed by atoms with Crippen LogP contribution < -0.4 is 0 Å². The number of aliphatic hydroxyl groups is 1. The Morgan fingerprint density at radius 1 is 1.11 bits per heavy atom. The quantitative estimate of drug-likeness (QED) is 0.645. The Morgan fingerprint density at radius 2 is 1.84 bits per heavy atom. The lowest BCUT2D eigenvalue weighted by Gasteiger charge is -2.40. The van der Waals surface area contributed by atoms with Crippen LogP contribution in [-0.4, -0.2) is 5.11 Å². The highest BCUT2D eigenvalue weighted by Crippen LogP contribution is 2.47. The predicted molar refractivity (Wildman–Crippen MR) is 87.5 cm³/mol. The Kier molecular flexibility index (Phi) is 4.72. The third kappa shape index (κ3) is 3.12. The van der Waals surface area contributed by atoms with Crippen LogP contribution in [0.4, 0.5) is 0 Å². The van der Waals surface area contributed by atoms with E-state index in [1.165, 1.54) is 44.9 Å². The molecule has 0 aliphatic heterocycles. The van der Waals surface area contributed by atoms with Crippen molar-refractivity contribution in [1.29, 1.82) is 0 Å². The van der Waals surface area contributed by atoms with Crippen molar-refractivity contribution < 1.29 is 5.11 Å². The van der Waals surface area contributed by atoms with E-state index < -0.39 is 0 Å². The summed E-state index contributed by atoms with van der Waals surface area (Å²) in [6.07, 6.45) is 9.17. The monoisotopic (exact) mass is 406 g/mol. The minimum Gasteiger partial charge on any atom is -0.387 e. The first-order chi connectivity index (χ1) is 9.15. The summed E-state index contributed by atoms with van der Waals surface area (Å²) in [7, 11) is 0. The topological polar surface area (TPSA) is 20.2 Å². The van der Waals surface area contributed by atoms with Crippen LogP contribution in [-0.2, 0) is 0 Å². The van der Waals surface area contributed by atoms with Crippen molar-refractivity contribution in [2.75, 3.05) is 0 Å². The van der Waals surface area contributed by atoms with Crippen molar-refractivity contribution in [2.24, 2.45) is 17.8 Å². The molecule has 0 aromatic carbocycles. The third-order valence-corrected chi connectivity index (χ3v) is 8.31.